The number of primary amides is 1. The quantitative estimate of drug-likeness (QED) is 0.691. The summed E-state index contributed by atoms with van der Waals surface area (Å²) in [6.07, 6.45) is -3.85. The monoisotopic (exact) mass is 456 g/mol. The van der Waals surface area contributed by atoms with Crippen molar-refractivity contribution in [3.63, 3.8) is 0 Å². The maximum Gasteiger partial charge on any atom is 0.416 e. The molecule has 168 valence electrons. The molecule has 2 aromatic rings. The van der Waals surface area contributed by atoms with Gasteiger partial charge in [0, 0.05) is 24.9 Å². The third kappa shape index (κ3) is 5.56. The Balaban J connectivity index is 1.87. The number of benzene rings is 2. The van der Waals surface area contributed by atoms with Crippen molar-refractivity contribution in [2.75, 3.05) is 19.7 Å². The molecule has 3 rings (SSSR count). The number of carbonyl (C=O) groups excluding carboxylic acids is 1. The molecule has 1 heterocycles. The van der Waals surface area contributed by atoms with Gasteiger partial charge in [-0.3, -0.25) is 4.79 Å². The van der Waals surface area contributed by atoms with Crippen molar-refractivity contribution >= 4 is 15.9 Å². The van der Waals surface area contributed by atoms with Crippen LogP contribution in [0.5, 0.6) is 5.75 Å². The van der Waals surface area contributed by atoms with Gasteiger partial charge in [-0.25, -0.2) is 8.42 Å². The Bertz CT molecular complexity index is 1030. The number of hydrogen-bond acceptors (Lipinski definition) is 4. The first-order valence-corrected chi connectivity index (χ1v) is 11.1. The van der Waals surface area contributed by atoms with Crippen LogP contribution in [0.1, 0.15) is 24.8 Å². The van der Waals surface area contributed by atoms with Crippen LogP contribution in [0.2, 0.25) is 0 Å². The number of nitrogens with zero attached hydrogens (tertiary/aromatic N) is 1. The molecule has 1 aliphatic rings. The summed E-state index contributed by atoms with van der Waals surface area (Å²) in [4.78, 5) is 11.3. The summed E-state index contributed by atoms with van der Waals surface area (Å²) in [5.41, 5.74) is 3.50. The van der Waals surface area contributed by atoms with Crippen LogP contribution in [0.15, 0.2) is 59.5 Å². The van der Waals surface area contributed by atoms with Crippen LogP contribution in [0.3, 0.4) is 0 Å². The van der Waals surface area contributed by atoms with E-state index in [0.717, 1.165) is 22.5 Å². The maximum atomic E-state index is 13.1. The number of alkyl halides is 3. The molecule has 0 saturated carbocycles. The van der Waals surface area contributed by atoms with E-state index in [1.165, 1.54) is 0 Å². The van der Waals surface area contributed by atoms with E-state index in [9.17, 15) is 26.4 Å². The summed E-state index contributed by atoms with van der Waals surface area (Å²) in [5, 5.41) is 0. The topological polar surface area (TPSA) is 89.7 Å². The fraction of sp³-hybridized carbons (Fsp3) is 0.381. The first-order chi connectivity index (χ1) is 14.5. The van der Waals surface area contributed by atoms with Crippen molar-refractivity contribution in [3.8, 4) is 5.75 Å². The third-order valence-electron chi connectivity index (χ3n) is 5.26. The van der Waals surface area contributed by atoms with Gasteiger partial charge in [0.25, 0.3) is 0 Å². The second kappa shape index (κ2) is 8.88. The summed E-state index contributed by atoms with van der Waals surface area (Å²) >= 11 is 0. The first kappa shape index (κ1) is 23.1. The van der Waals surface area contributed by atoms with Gasteiger partial charge in [-0.2, -0.15) is 17.5 Å². The molecular weight excluding hydrogens is 433 g/mol. The molecule has 2 aromatic carbocycles. The van der Waals surface area contributed by atoms with Crippen LogP contribution >= 0.6 is 0 Å². The van der Waals surface area contributed by atoms with Crippen molar-refractivity contribution < 1.29 is 31.1 Å². The minimum Gasteiger partial charge on any atom is -0.493 e. The van der Waals surface area contributed by atoms with Crippen LogP contribution < -0.4 is 10.5 Å². The second-order valence-corrected chi connectivity index (χ2v) is 9.65. The summed E-state index contributed by atoms with van der Waals surface area (Å²) in [5.74, 6) is -0.0424. The highest BCUT2D eigenvalue weighted by atomic mass is 32.2. The predicted molar refractivity (Wildman–Crippen MR) is 108 cm³/mol. The molecule has 1 aliphatic heterocycles. The highest BCUT2D eigenvalue weighted by Gasteiger charge is 2.42. The molecule has 0 aromatic heterocycles. The maximum absolute atomic E-state index is 13.1. The Hall–Kier alpha value is -2.59. The van der Waals surface area contributed by atoms with E-state index in [-0.39, 0.29) is 26.1 Å². The van der Waals surface area contributed by atoms with Gasteiger partial charge in [-0.05, 0) is 43.2 Å². The summed E-state index contributed by atoms with van der Waals surface area (Å²) < 4.78 is 72.3. The summed E-state index contributed by atoms with van der Waals surface area (Å²) in [7, 11) is -4.21. The summed E-state index contributed by atoms with van der Waals surface area (Å²) in [6.45, 7) is 0.0976. The SMILES string of the molecule is NC(=O)C[C@@]1(COc2ccccc2)CCCN(S(=O)(=O)c2cccc(C(F)(F)F)c2)C1. The number of hydrogen-bond donors (Lipinski definition) is 1. The minimum absolute atomic E-state index is 0.0502. The molecule has 0 radical (unpaired) electrons. The Morgan fingerprint density at radius 2 is 1.84 bits per heavy atom. The Kier molecular flexibility index (Phi) is 6.61. The fourth-order valence-corrected chi connectivity index (χ4v) is 5.42. The largest absolute Gasteiger partial charge is 0.493 e. The van der Waals surface area contributed by atoms with Crippen LogP contribution in [0.25, 0.3) is 0 Å². The number of nitrogens with two attached hydrogens (primary N) is 1. The number of halogens is 3. The highest BCUT2D eigenvalue weighted by molar-refractivity contribution is 7.89. The van der Waals surface area contributed by atoms with Crippen molar-refractivity contribution in [1.29, 1.82) is 0 Å². The molecule has 0 unspecified atom stereocenters. The molecule has 2 N–H and O–H groups in total. The zero-order valence-electron chi connectivity index (χ0n) is 16.6. The van der Waals surface area contributed by atoms with Crippen LogP contribution in [0, 0.1) is 5.41 Å². The Morgan fingerprint density at radius 3 is 2.48 bits per heavy atom. The molecule has 31 heavy (non-hydrogen) atoms. The average Bonchev–Trinajstić information content (AvgIpc) is 2.72. The predicted octanol–water partition coefficient (Wildman–Crippen LogP) is 3.43. The molecule has 1 fully saturated rings. The van der Waals surface area contributed by atoms with E-state index in [2.05, 4.69) is 0 Å². The molecular formula is C21H23F3N2O4S. The second-order valence-electron chi connectivity index (χ2n) is 7.71. The van der Waals surface area contributed by atoms with Crippen LogP contribution in [0.4, 0.5) is 13.2 Å². The van der Waals surface area contributed by atoms with E-state index in [0.29, 0.717) is 24.7 Å². The Labute approximate surface area is 178 Å². The van der Waals surface area contributed by atoms with Gasteiger partial charge in [0.2, 0.25) is 15.9 Å². The molecule has 0 aliphatic carbocycles. The van der Waals surface area contributed by atoms with Gasteiger partial charge in [0.05, 0.1) is 17.1 Å². The average molecular weight is 456 g/mol. The fourth-order valence-electron chi connectivity index (χ4n) is 3.79. The van der Waals surface area contributed by atoms with Crippen molar-refractivity contribution in [3.05, 3.63) is 60.2 Å². The van der Waals surface area contributed by atoms with E-state index in [4.69, 9.17) is 10.5 Å². The molecule has 1 saturated heterocycles. The van der Waals surface area contributed by atoms with E-state index < -0.39 is 38.0 Å². The summed E-state index contributed by atoms with van der Waals surface area (Å²) in [6, 6.07) is 12.5. The number of rotatable bonds is 7. The van der Waals surface area contributed by atoms with Crippen LogP contribution in [-0.4, -0.2) is 38.3 Å². The lowest BCUT2D eigenvalue weighted by Gasteiger charge is -2.41. The van der Waals surface area contributed by atoms with E-state index >= 15 is 0 Å². The highest BCUT2D eigenvalue weighted by Crippen LogP contribution is 2.37. The van der Waals surface area contributed by atoms with Crippen molar-refractivity contribution in [2.24, 2.45) is 11.1 Å². The number of amides is 1. The lowest BCUT2D eigenvalue weighted by Crippen LogP contribution is -2.50. The number of para-hydroxylation sites is 1. The molecule has 10 heteroatoms. The molecule has 1 atom stereocenters. The molecule has 0 spiro atoms. The van der Waals surface area contributed by atoms with Gasteiger partial charge in [0.15, 0.2) is 0 Å². The zero-order chi connectivity index (χ0) is 22.7. The molecule has 1 amide bonds. The van der Waals surface area contributed by atoms with E-state index in [1.54, 1.807) is 24.3 Å². The lowest BCUT2D eigenvalue weighted by atomic mass is 9.78. The molecule has 6 nitrogen and oxygen atoms in total. The number of sulfonamides is 1. The van der Waals surface area contributed by atoms with Gasteiger partial charge in [-0.1, -0.05) is 24.3 Å². The Morgan fingerprint density at radius 1 is 1.13 bits per heavy atom. The first-order valence-electron chi connectivity index (χ1n) is 9.65. The third-order valence-corrected chi connectivity index (χ3v) is 7.10. The van der Waals surface area contributed by atoms with Gasteiger partial charge in [-0.15, -0.1) is 0 Å². The van der Waals surface area contributed by atoms with Crippen LogP contribution in [-0.2, 0) is 21.0 Å². The lowest BCUT2D eigenvalue weighted by molar-refractivity contribution is -0.137. The standard InChI is InChI=1S/C21H23F3N2O4S/c22-21(23,24)16-6-4-9-18(12-16)31(28,29)26-11-5-10-20(14-26,13-19(25)27)15-30-17-7-2-1-3-8-17/h1-4,6-9,12H,5,10-11,13-15H2,(H2,25,27)/t20-/m0/s1. The minimum atomic E-state index is -4.66. The van der Waals surface area contributed by atoms with E-state index in [1.807, 2.05) is 6.07 Å². The van der Waals surface area contributed by atoms with Gasteiger partial charge in [0.1, 0.15) is 5.75 Å². The number of ether oxygens (including phenoxy) is 1. The zero-order valence-corrected chi connectivity index (χ0v) is 17.5. The van der Waals surface area contributed by atoms with Crippen molar-refractivity contribution in [1.82, 2.24) is 4.31 Å². The van der Waals surface area contributed by atoms with Gasteiger partial charge >= 0.3 is 6.18 Å². The smallest absolute Gasteiger partial charge is 0.416 e. The van der Waals surface area contributed by atoms with Crippen molar-refractivity contribution in [2.45, 2.75) is 30.3 Å². The molecule has 0 bridgehead atoms. The van der Waals surface area contributed by atoms with Gasteiger partial charge < -0.3 is 10.5 Å². The number of piperidine rings is 1. The normalized spacial score (nSPS) is 20.4. The number of carbonyl (C=O) groups is 1.